The molecule has 0 atom stereocenters. The molecule has 0 aliphatic heterocycles. The van der Waals surface area contributed by atoms with Crippen LogP contribution in [-0.4, -0.2) is 28.8 Å². The topological polar surface area (TPSA) is 82.3 Å². The average molecular weight is 441 g/mol. The van der Waals surface area contributed by atoms with Gasteiger partial charge in [-0.05, 0) is 30.0 Å². The maximum Gasteiger partial charge on any atom is 0.418 e. The number of fused-ring (bicyclic) bond motifs is 1. The first kappa shape index (κ1) is 21.8. The van der Waals surface area contributed by atoms with Crippen molar-refractivity contribution in [1.29, 1.82) is 0 Å². The zero-order valence-electron chi connectivity index (χ0n) is 15.9. The van der Waals surface area contributed by atoms with Crippen molar-refractivity contribution in [1.82, 2.24) is 9.13 Å². The van der Waals surface area contributed by atoms with E-state index in [1.807, 2.05) is 0 Å². The number of nitrogens with one attached hydrogen (secondary N) is 1. The normalized spacial score (nSPS) is 11.7. The van der Waals surface area contributed by atoms with Crippen LogP contribution in [0.1, 0.15) is 12.0 Å². The van der Waals surface area contributed by atoms with Crippen molar-refractivity contribution in [2.45, 2.75) is 25.7 Å². The molecule has 0 fully saturated rings. The van der Waals surface area contributed by atoms with E-state index in [2.05, 4.69) is 5.32 Å². The van der Waals surface area contributed by atoms with Crippen molar-refractivity contribution in [3.8, 4) is 0 Å². The monoisotopic (exact) mass is 441 g/mol. The Morgan fingerprint density at radius 1 is 1.17 bits per heavy atom. The molecule has 30 heavy (non-hydrogen) atoms. The number of carbonyl (C=O) groups excluding carboxylic acids is 1. The van der Waals surface area contributed by atoms with Crippen LogP contribution in [0.15, 0.2) is 45.3 Å². The second-order valence-corrected chi connectivity index (χ2v) is 7.31. The summed E-state index contributed by atoms with van der Waals surface area (Å²) in [6, 6.07) is 6.10. The van der Waals surface area contributed by atoms with Crippen LogP contribution in [-0.2, 0) is 28.8 Å². The molecule has 11 heteroatoms. The molecule has 0 aliphatic rings. The molecule has 2 heterocycles. The van der Waals surface area contributed by atoms with Gasteiger partial charge in [0.2, 0.25) is 5.91 Å². The van der Waals surface area contributed by atoms with Crippen LogP contribution in [0, 0.1) is 0 Å². The van der Waals surface area contributed by atoms with Gasteiger partial charge in [-0.3, -0.25) is 18.7 Å². The van der Waals surface area contributed by atoms with E-state index in [1.165, 1.54) is 25.3 Å². The molecule has 1 aromatic carbocycles. The molecule has 0 radical (unpaired) electrons. The molecular formula is C19H18F3N3O4S. The minimum atomic E-state index is -4.64. The van der Waals surface area contributed by atoms with Crippen LogP contribution in [0.2, 0.25) is 0 Å². The number of benzene rings is 1. The number of alkyl halides is 3. The maximum absolute atomic E-state index is 13.1. The second-order valence-electron chi connectivity index (χ2n) is 6.40. The predicted octanol–water partition coefficient (Wildman–Crippen LogP) is 2.92. The van der Waals surface area contributed by atoms with Crippen LogP contribution < -0.4 is 16.6 Å². The van der Waals surface area contributed by atoms with Crippen molar-refractivity contribution in [2.75, 3.05) is 19.0 Å². The third kappa shape index (κ3) is 4.46. The highest BCUT2D eigenvalue weighted by Gasteiger charge is 2.33. The fraction of sp³-hybridized carbons (Fsp3) is 0.316. The Bertz CT molecular complexity index is 1180. The molecule has 0 bridgehead atoms. The zero-order valence-corrected chi connectivity index (χ0v) is 16.7. The summed E-state index contributed by atoms with van der Waals surface area (Å²) >= 11 is 1.12. The van der Waals surface area contributed by atoms with Crippen LogP contribution in [0.25, 0.3) is 10.2 Å². The lowest BCUT2D eigenvalue weighted by Gasteiger charge is -2.15. The number of hydrogen-bond donors (Lipinski definition) is 1. The highest BCUT2D eigenvalue weighted by Crippen LogP contribution is 2.34. The molecule has 1 N–H and O–H groups in total. The minimum absolute atomic E-state index is 0.0951. The average Bonchev–Trinajstić information content (AvgIpc) is 3.17. The molecule has 0 saturated carbocycles. The van der Waals surface area contributed by atoms with Gasteiger partial charge in [-0.25, -0.2) is 4.79 Å². The fourth-order valence-electron chi connectivity index (χ4n) is 3.02. The number of carbonyl (C=O) groups is 1. The summed E-state index contributed by atoms with van der Waals surface area (Å²) in [6.07, 6.45) is -4.23. The highest BCUT2D eigenvalue weighted by atomic mass is 32.1. The van der Waals surface area contributed by atoms with Crippen molar-refractivity contribution in [3.05, 3.63) is 62.1 Å². The summed E-state index contributed by atoms with van der Waals surface area (Å²) in [5, 5.41) is 3.82. The van der Waals surface area contributed by atoms with Crippen molar-refractivity contribution < 1.29 is 22.7 Å². The van der Waals surface area contributed by atoms with Crippen LogP contribution in [0.4, 0.5) is 18.9 Å². The van der Waals surface area contributed by atoms with E-state index in [4.69, 9.17) is 4.74 Å². The van der Waals surface area contributed by atoms with E-state index >= 15 is 0 Å². The number of amides is 1. The molecule has 0 aliphatic carbocycles. The van der Waals surface area contributed by atoms with E-state index in [0.717, 1.165) is 32.6 Å². The van der Waals surface area contributed by atoms with E-state index in [1.54, 1.807) is 5.38 Å². The van der Waals surface area contributed by atoms with Gasteiger partial charge in [0, 0.05) is 20.3 Å². The lowest BCUT2D eigenvalue weighted by molar-refractivity contribution is -0.137. The molecule has 0 spiro atoms. The summed E-state index contributed by atoms with van der Waals surface area (Å²) in [6.45, 7) is -0.107. The largest absolute Gasteiger partial charge is 0.418 e. The first-order valence-corrected chi connectivity index (χ1v) is 9.78. The zero-order chi connectivity index (χ0) is 21.9. The number of halogens is 3. The van der Waals surface area contributed by atoms with Gasteiger partial charge in [0.1, 0.15) is 11.2 Å². The quantitative estimate of drug-likeness (QED) is 0.572. The number of para-hydroxylation sites is 1. The lowest BCUT2D eigenvalue weighted by atomic mass is 10.1. The number of nitrogens with zero attached hydrogens (tertiary/aromatic N) is 2. The van der Waals surface area contributed by atoms with Crippen molar-refractivity contribution >= 4 is 33.1 Å². The molecule has 0 unspecified atom stereocenters. The minimum Gasteiger partial charge on any atom is -0.385 e. The van der Waals surface area contributed by atoms with Gasteiger partial charge in [-0.2, -0.15) is 13.2 Å². The predicted molar refractivity (Wildman–Crippen MR) is 107 cm³/mol. The standard InChI is InChI=1S/C19H18F3N3O4S/c1-29-9-4-8-24-17(27)16-14(7-10-30-16)25(18(24)28)11-15(26)23-13-6-3-2-5-12(13)19(20,21)22/h2-3,5-7,10H,4,8-9,11H2,1H3,(H,23,26). The summed E-state index contributed by atoms with van der Waals surface area (Å²) in [5.41, 5.74) is -2.31. The fourth-order valence-corrected chi connectivity index (χ4v) is 3.87. The number of rotatable bonds is 7. The smallest absolute Gasteiger partial charge is 0.385 e. The number of thiophene rings is 1. The van der Waals surface area contributed by atoms with E-state index in [9.17, 15) is 27.6 Å². The first-order chi connectivity index (χ1) is 14.2. The van der Waals surface area contributed by atoms with Gasteiger partial charge in [-0.1, -0.05) is 12.1 Å². The number of methoxy groups -OCH3 is 1. The maximum atomic E-state index is 13.1. The van der Waals surface area contributed by atoms with Gasteiger partial charge in [0.25, 0.3) is 5.56 Å². The Balaban J connectivity index is 1.95. The number of ether oxygens (including phenoxy) is 1. The first-order valence-electron chi connectivity index (χ1n) is 8.90. The summed E-state index contributed by atoms with van der Waals surface area (Å²) in [5.74, 6) is -0.816. The molecule has 160 valence electrons. The third-order valence-corrected chi connectivity index (χ3v) is 5.27. The molecule has 7 nitrogen and oxygen atoms in total. The van der Waals surface area contributed by atoms with E-state index in [0.29, 0.717) is 13.0 Å². The molecule has 3 aromatic rings. The van der Waals surface area contributed by atoms with Crippen LogP contribution >= 0.6 is 11.3 Å². The number of hydrogen-bond acceptors (Lipinski definition) is 5. The summed E-state index contributed by atoms with van der Waals surface area (Å²) in [7, 11) is 1.49. The van der Waals surface area contributed by atoms with E-state index < -0.39 is 41.1 Å². The van der Waals surface area contributed by atoms with Gasteiger partial charge in [-0.15, -0.1) is 11.3 Å². The van der Waals surface area contributed by atoms with Crippen molar-refractivity contribution in [2.24, 2.45) is 0 Å². The third-order valence-electron chi connectivity index (χ3n) is 4.37. The Kier molecular flexibility index (Phi) is 6.42. The molecule has 0 saturated heterocycles. The van der Waals surface area contributed by atoms with Gasteiger partial charge < -0.3 is 10.1 Å². The Labute approximate surface area is 172 Å². The van der Waals surface area contributed by atoms with Gasteiger partial charge >= 0.3 is 11.9 Å². The summed E-state index contributed by atoms with van der Waals surface area (Å²) in [4.78, 5) is 37.9. The Morgan fingerprint density at radius 3 is 2.60 bits per heavy atom. The van der Waals surface area contributed by atoms with Gasteiger partial charge in [0.15, 0.2) is 0 Å². The molecule has 2 aromatic heterocycles. The number of anilines is 1. The Hall–Kier alpha value is -2.92. The molecule has 3 rings (SSSR count). The highest BCUT2D eigenvalue weighted by molar-refractivity contribution is 7.17. The molecular weight excluding hydrogens is 423 g/mol. The Morgan fingerprint density at radius 2 is 1.90 bits per heavy atom. The molecule has 1 amide bonds. The van der Waals surface area contributed by atoms with Crippen LogP contribution in [0.5, 0.6) is 0 Å². The second kappa shape index (κ2) is 8.84. The van der Waals surface area contributed by atoms with Crippen LogP contribution in [0.3, 0.4) is 0 Å². The summed E-state index contributed by atoms with van der Waals surface area (Å²) < 4.78 is 46.8. The lowest BCUT2D eigenvalue weighted by Crippen LogP contribution is -2.41. The SMILES string of the molecule is COCCCn1c(=O)c2sccc2n(CC(=O)Nc2ccccc2C(F)(F)F)c1=O. The van der Waals surface area contributed by atoms with Gasteiger partial charge in [0.05, 0.1) is 16.8 Å². The number of aromatic nitrogens is 2. The van der Waals surface area contributed by atoms with E-state index in [-0.39, 0.29) is 16.8 Å². The van der Waals surface area contributed by atoms with Crippen molar-refractivity contribution in [3.63, 3.8) is 0 Å².